The van der Waals surface area contributed by atoms with Crippen LogP contribution in [0.25, 0.3) is 0 Å². The number of rotatable bonds is 4. The van der Waals surface area contributed by atoms with Gasteiger partial charge in [0.15, 0.2) is 0 Å². The molecule has 0 bridgehead atoms. The summed E-state index contributed by atoms with van der Waals surface area (Å²) in [7, 11) is 0. The second-order valence-corrected chi connectivity index (χ2v) is 4.87. The fourth-order valence-electron chi connectivity index (χ4n) is 2.14. The normalized spacial score (nSPS) is 13.5. The van der Waals surface area contributed by atoms with Gasteiger partial charge in [-0.2, -0.15) is 5.26 Å². The van der Waals surface area contributed by atoms with Gasteiger partial charge in [0, 0.05) is 6.04 Å². The largest absolute Gasteiger partial charge is 0.292 e. The zero-order chi connectivity index (χ0) is 14.5. The molecule has 2 aromatic carbocycles. The average Bonchev–Trinajstić information content (AvgIpc) is 2.48. The van der Waals surface area contributed by atoms with Gasteiger partial charge in [-0.05, 0) is 36.6 Å². The van der Waals surface area contributed by atoms with Gasteiger partial charge in [-0.1, -0.05) is 42.5 Å². The summed E-state index contributed by atoms with van der Waals surface area (Å²) >= 11 is 0. The fraction of sp³-hybridized carbons (Fsp3) is 0.235. The van der Waals surface area contributed by atoms with Crippen molar-refractivity contribution in [2.75, 3.05) is 0 Å². The van der Waals surface area contributed by atoms with E-state index in [9.17, 15) is 9.65 Å². The molecule has 0 aliphatic carbocycles. The highest BCUT2D eigenvalue weighted by molar-refractivity contribution is 5.30. The maximum Gasteiger partial charge on any atom is 0.126 e. The van der Waals surface area contributed by atoms with E-state index in [-0.39, 0.29) is 11.9 Å². The van der Waals surface area contributed by atoms with Crippen LogP contribution in [0.4, 0.5) is 4.39 Å². The third kappa shape index (κ3) is 3.23. The monoisotopic (exact) mass is 268 g/mol. The van der Waals surface area contributed by atoms with Crippen LogP contribution < -0.4 is 5.32 Å². The topological polar surface area (TPSA) is 35.8 Å². The van der Waals surface area contributed by atoms with Crippen LogP contribution >= 0.6 is 0 Å². The van der Waals surface area contributed by atoms with Gasteiger partial charge in [-0.15, -0.1) is 0 Å². The van der Waals surface area contributed by atoms with Crippen molar-refractivity contribution < 1.29 is 4.39 Å². The van der Waals surface area contributed by atoms with Crippen LogP contribution in [-0.2, 0) is 0 Å². The molecule has 0 radical (unpaired) electrons. The predicted octanol–water partition coefficient (Wildman–Crippen LogP) is 4.05. The number of hydrogen-bond donors (Lipinski definition) is 1. The van der Waals surface area contributed by atoms with Crippen LogP contribution in [0.3, 0.4) is 0 Å². The van der Waals surface area contributed by atoms with E-state index < -0.39 is 6.04 Å². The lowest BCUT2D eigenvalue weighted by Crippen LogP contribution is -2.23. The Balaban J connectivity index is 2.17. The molecule has 2 nitrogen and oxygen atoms in total. The zero-order valence-electron chi connectivity index (χ0n) is 11.6. The number of benzene rings is 2. The minimum atomic E-state index is -0.454. The molecule has 2 unspecified atom stereocenters. The molecule has 2 aromatic rings. The molecule has 102 valence electrons. The zero-order valence-corrected chi connectivity index (χ0v) is 11.6. The van der Waals surface area contributed by atoms with Gasteiger partial charge in [-0.25, -0.2) is 4.39 Å². The molecule has 0 fully saturated rings. The quantitative estimate of drug-likeness (QED) is 0.908. The summed E-state index contributed by atoms with van der Waals surface area (Å²) in [6.45, 7) is 3.71. The van der Waals surface area contributed by atoms with E-state index in [2.05, 4.69) is 11.4 Å². The number of aryl methyl sites for hydroxylation is 1. The Morgan fingerprint density at radius 2 is 1.80 bits per heavy atom. The third-order valence-corrected chi connectivity index (χ3v) is 3.36. The van der Waals surface area contributed by atoms with E-state index in [1.165, 1.54) is 6.07 Å². The molecule has 0 heterocycles. The second kappa shape index (κ2) is 6.31. The Kier molecular flexibility index (Phi) is 4.49. The van der Waals surface area contributed by atoms with E-state index in [1.807, 2.05) is 37.3 Å². The first-order valence-electron chi connectivity index (χ1n) is 6.58. The van der Waals surface area contributed by atoms with E-state index in [0.717, 1.165) is 11.1 Å². The number of nitrogens with zero attached hydrogens (tertiary/aromatic N) is 1. The Hall–Kier alpha value is -2.18. The molecule has 3 heteroatoms. The van der Waals surface area contributed by atoms with E-state index in [0.29, 0.717) is 5.56 Å². The lowest BCUT2D eigenvalue weighted by atomic mass is 10.0. The average molecular weight is 268 g/mol. The van der Waals surface area contributed by atoms with Crippen molar-refractivity contribution in [2.24, 2.45) is 0 Å². The van der Waals surface area contributed by atoms with E-state index >= 15 is 0 Å². The fourth-order valence-corrected chi connectivity index (χ4v) is 2.14. The van der Waals surface area contributed by atoms with Crippen molar-refractivity contribution in [2.45, 2.75) is 25.9 Å². The van der Waals surface area contributed by atoms with Crippen molar-refractivity contribution in [1.82, 2.24) is 5.32 Å². The standard InChI is InChI=1S/C17H17FN2/c1-12-10-15(8-9-16(12)18)17(11-19)20-13(2)14-6-4-3-5-7-14/h3-10,13,17,20H,1-2H3. The molecule has 20 heavy (non-hydrogen) atoms. The maximum absolute atomic E-state index is 13.3. The molecular weight excluding hydrogens is 251 g/mol. The molecule has 0 saturated heterocycles. The molecule has 0 aliphatic heterocycles. The van der Waals surface area contributed by atoms with Crippen molar-refractivity contribution in [3.8, 4) is 6.07 Å². The molecule has 0 saturated carbocycles. The summed E-state index contributed by atoms with van der Waals surface area (Å²) < 4.78 is 13.3. The smallest absolute Gasteiger partial charge is 0.126 e. The van der Waals surface area contributed by atoms with Gasteiger partial charge < -0.3 is 0 Å². The molecule has 2 rings (SSSR count). The summed E-state index contributed by atoms with van der Waals surface area (Å²) in [5.74, 6) is -0.249. The molecule has 0 amide bonds. The Bertz CT molecular complexity index is 617. The molecule has 0 aromatic heterocycles. The van der Waals surface area contributed by atoms with Gasteiger partial charge in [0.25, 0.3) is 0 Å². The number of nitrogens with one attached hydrogen (secondary N) is 1. The third-order valence-electron chi connectivity index (χ3n) is 3.36. The molecule has 1 N–H and O–H groups in total. The van der Waals surface area contributed by atoms with Crippen LogP contribution in [0.1, 0.15) is 35.7 Å². The molecule has 2 atom stereocenters. The van der Waals surface area contributed by atoms with E-state index in [1.54, 1.807) is 19.1 Å². The van der Waals surface area contributed by atoms with Crippen molar-refractivity contribution in [1.29, 1.82) is 5.26 Å². The highest BCUT2D eigenvalue weighted by Crippen LogP contribution is 2.21. The first-order chi connectivity index (χ1) is 9.61. The first-order valence-corrected chi connectivity index (χ1v) is 6.58. The van der Waals surface area contributed by atoms with Crippen molar-refractivity contribution >= 4 is 0 Å². The van der Waals surface area contributed by atoms with Crippen LogP contribution in [0.5, 0.6) is 0 Å². The highest BCUT2D eigenvalue weighted by atomic mass is 19.1. The summed E-state index contributed by atoms with van der Waals surface area (Å²) in [5, 5.41) is 12.6. The lowest BCUT2D eigenvalue weighted by molar-refractivity contribution is 0.531. The number of nitriles is 1. The van der Waals surface area contributed by atoms with Crippen LogP contribution in [-0.4, -0.2) is 0 Å². The van der Waals surface area contributed by atoms with Crippen LogP contribution in [0.2, 0.25) is 0 Å². The number of hydrogen-bond acceptors (Lipinski definition) is 2. The number of halogens is 1. The Morgan fingerprint density at radius 1 is 1.10 bits per heavy atom. The summed E-state index contributed by atoms with van der Waals surface area (Å²) in [6, 6.07) is 16.5. The summed E-state index contributed by atoms with van der Waals surface area (Å²) in [4.78, 5) is 0. The van der Waals surface area contributed by atoms with Crippen LogP contribution in [0.15, 0.2) is 48.5 Å². The highest BCUT2D eigenvalue weighted by Gasteiger charge is 2.15. The van der Waals surface area contributed by atoms with Gasteiger partial charge >= 0.3 is 0 Å². The first kappa shape index (κ1) is 14.2. The maximum atomic E-state index is 13.3. The van der Waals surface area contributed by atoms with Gasteiger partial charge in [0.05, 0.1) is 6.07 Å². The van der Waals surface area contributed by atoms with Gasteiger partial charge in [-0.3, -0.25) is 5.32 Å². The molecular formula is C17H17FN2. The molecule has 0 spiro atoms. The SMILES string of the molecule is Cc1cc(C(C#N)NC(C)c2ccccc2)ccc1F. The van der Waals surface area contributed by atoms with Crippen molar-refractivity contribution in [3.63, 3.8) is 0 Å². The van der Waals surface area contributed by atoms with Crippen molar-refractivity contribution in [3.05, 3.63) is 71.0 Å². The van der Waals surface area contributed by atoms with Gasteiger partial charge in [0.2, 0.25) is 0 Å². The summed E-state index contributed by atoms with van der Waals surface area (Å²) in [6.07, 6.45) is 0. The molecule has 0 aliphatic rings. The Morgan fingerprint density at radius 3 is 2.40 bits per heavy atom. The Labute approximate surface area is 118 Å². The van der Waals surface area contributed by atoms with Gasteiger partial charge in [0.1, 0.15) is 11.9 Å². The van der Waals surface area contributed by atoms with Crippen LogP contribution in [0, 0.1) is 24.1 Å². The predicted molar refractivity (Wildman–Crippen MR) is 77.5 cm³/mol. The minimum absolute atomic E-state index is 0.0474. The van der Waals surface area contributed by atoms with E-state index in [4.69, 9.17) is 0 Å². The summed E-state index contributed by atoms with van der Waals surface area (Å²) in [5.41, 5.74) is 2.46. The lowest BCUT2D eigenvalue weighted by Gasteiger charge is -2.19. The second-order valence-electron chi connectivity index (χ2n) is 4.87. The minimum Gasteiger partial charge on any atom is -0.292 e.